The van der Waals surface area contributed by atoms with Crippen LogP contribution in [-0.2, 0) is 13.0 Å². The molecule has 2 aromatic carbocycles. The molecule has 3 N–H and O–H groups in total. The van der Waals surface area contributed by atoms with Gasteiger partial charge in [-0.15, -0.1) is 13.2 Å². The second-order valence-electron chi connectivity index (χ2n) is 10.9. The Morgan fingerprint density at radius 2 is 1.68 bits per heavy atom. The van der Waals surface area contributed by atoms with Crippen molar-refractivity contribution >= 4 is 10.9 Å². The lowest BCUT2D eigenvalue weighted by Gasteiger charge is -2.26. The zero-order chi connectivity index (χ0) is 25.8. The van der Waals surface area contributed by atoms with Gasteiger partial charge in [-0.1, -0.05) is 37.5 Å². The predicted molar refractivity (Wildman–Crippen MR) is 143 cm³/mol. The third-order valence-electron chi connectivity index (χ3n) is 8.14. The van der Waals surface area contributed by atoms with E-state index in [0.717, 1.165) is 50.8 Å². The molecule has 0 saturated heterocycles. The van der Waals surface area contributed by atoms with Gasteiger partial charge in [-0.25, -0.2) is 0 Å². The number of nitrogens with two attached hydrogens (primary N) is 1. The smallest absolute Gasteiger partial charge is 0.406 e. The molecule has 7 heteroatoms. The number of alkyl halides is 3. The van der Waals surface area contributed by atoms with Gasteiger partial charge in [0.2, 0.25) is 0 Å². The Kier molecular flexibility index (Phi) is 8.10. The van der Waals surface area contributed by atoms with Crippen LogP contribution in [0.1, 0.15) is 63.4 Å². The van der Waals surface area contributed by atoms with E-state index in [0.29, 0.717) is 23.6 Å². The Hall–Kier alpha value is -2.51. The van der Waals surface area contributed by atoms with E-state index >= 15 is 0 Å². The predicted octanol–water partition coefficient (Wildman–Crippen LogP) is 7.19. The second-order valence-corrected chi connectivity index (χ2v) is 10.9. The van der Waals surface area contributed by atoms with Gasteiger partial charge in [0.1, 0.15) is 5.75 Å². The topological polar surface area (TPSA) is 52.2 Å². The standard InChI is InChI=1S/C30H38F3N3O/c31-30(32,33)37-27-8-4-7-22(17-27)23-9-14-29-28(18-23)24(15-16-35-26-12-10-25(34)11-13-26)20-36(29)19-21-5-2-1-3-6-21/h4,7-9,14,17-18,20-21,25-26,35H,1-3,5-6,10-13,15-16,19,34H2. The Balaban J connectivity index is 1.39. The lowest BCUT2D eigenvalue weighted by Crippen LogP contribution is -2.38. The lowest BCUT2D eigenvalue weighted by molar-refractivity contribution is -0.274. The zero-order valence-corrected chi connectivity index (χ0v) is 21.4. The van der Waals surface area contributed by atoms with Gasteiger partial charge in [-0.05, 0) is 98.4 Å². The first-order valence-electron chi connectivity index (χ1n) is 13.8. The highest BCUT2D eigenvalue weighted by atomic mass is 19.4. The molecule has 0 unspecified atom stereocenters. The summed E-state index contributed by atoms with van der Waals surface area (Å²) < 4.78 is 44.9. The molecule has 3 aromatic rings. The molecular weight excluding hydrogens is 475 g/mol. The average Bonchev–Trinajstić information content (AvgIpc) is 3.21. The summed E-state index contributed by atoms with van der Waals surface area (Å²) in [6, 6.07) is 13.4. The van der Waals surface area contributed by atoms with Crippen LogP contribution in [0, 0.1) is 5.92 Å². The Bertz CT molecular complexity index is 1170. The number of hydrogen-bond acceptors (Lipinski definition) is 3. The van der Waals surface area contributed by atoms with Crippen molar-refractivity contribution in [3.63, 3.8) is 0 Å². The number of ether oxygens (including phenoxy) is 1. The summed E-state index contributed by atoms with van der Waals surface area (Å²) in [6.07, 6.45) is 9.47. The molecule has 5 rings (SSSR count). The Morgan fingerprint density at radius 3 is 2.43 bits per heavy atom. The van der Waals surface area contributed by atoms with E-state index in [-0.39, 0.29) is 5.75 Å². The first-order chi connectivity index (χ1) is 17.8. The van der Waals surface area contributed by atoms with E-state index in [4.69, 9.17) is 5.73 Å². The molecule has 1 aromatic heterocycles. The number of benzene rings is 2. The number of aromatic nitrogens is 1. The van der Waals surface area contributed by atoms with Crippen molar-refractivity contribution in [2.45, 2.75) is 89.2 Å². The molecule has 4 nitrogen and oxygen atoms in total. The minimum absolute atomic E-state index is 0.198. The van der Waals surface area contributed by atoms with Gasteiger partial charge in [0.15, 0.2) is 0 Å². The maximum Gasteiger partial charge on any atom is 0.573 e. The quantitative estimate of drug-likeness (QED) is 0.335. The fourth-order valence-corrected chi connectivity index (χ4v) is 6.16. The van der Waals surface area contributed by atoms with Crippen LogP contribution in [0.3, 0.4) is 0 Å². The molecule has 0 radical (unpaired) electrons. The van der Waals surface area contributed by atoms with Crippen LogP contribution in [0.2, 0.25) is 0 Å². The van der Waals surface area contributed by atoms with Crippen LogP contribution in [-0.4, -0.2) is 29.6 Å². The number of rotatable bonds is 8. The molecule has 0 amide bonds. The van der Waals surface area contributed by atoms with Gasteiger partial charge in [-0.3, -0.25) is 0 Å². The van der Waals surface area contributed by atoms with E-state index in [1.807, 2.05) is 12.1 Å². The van der Waals surface area contributed by atoms with Crippen molar-refractivity contribution in [2.75, 3.05) is 6.54 Å². The summed E-state index contributed by atoms with van der Waals surface area (Å²) in [7, 11) is 0. The number of hydrogen-bond donors (Lipinski definition) is 2. The van der Waals surface area contributed by atoms with Gasteiger partial charge in [-0.2, -0.15) is 0 Å². The van der Waals surface area contributed by atoms with E-state index < -0.39 is 6.36 Å². The monoisotopic (exact) mass is 513 g/mol. The fraction of sp³-hybridized carbons (Fsp3) is 0.533. The minimum Gasteiger partial charge on any atom is -0.406 e. The van der Waals surface area contributed by atoms with Crippen molar-refractivity contribution in [3.05, 3.63) is 54.2 Å². The molecule has 2 aliphatic carbocycles. The molecule has 200 valence electrons. The molecule has 2 aliphatic rings. The maximum absolute atomic E-state index is 12.8. The summed E-state index contributed by atoms with van der Waals surface area (Å²) in [6.45, 7) is 1.93. The highest BCUT2D eigenvalue weighted by Gasteiger charge is 2.31. The number of halogens is 3. The van der Waals surface area contributed by atoms with Crippen molar-refractivity contribution in [3.8, 4) is 16.9 Å². The molecule has 2 fully saturated rings. The maximum atomic E-state index is 12.8. The van der Waals surface area contributed by atoms with E-state index in [2.05, 4.69) is 33.0 Å². The van der Waals surface area contributed by atoms with Crippen LogP contribution in [0.15, 0.2) is 48.7 Å². The highest BCUT2D eigenvalue weighted by Crippen LogP contribution is 2.33. The average molecular weight is 514 g/mol. The molecule has 0 spiro atoms. The van der Waals surface area contributed by atoms with Gasteiger partial charge >= 0.3 is 6.36 Å². The van der Waals surface area contributed by atoms with Crippen LogP contribution < -0.4 is 15.8 Å². The molecule has 0 atom stereocenters. The second kappa shape index (κ2) is 11.5. The van der Waals surface area contributed by atoms with Gasteiger partial charge in [0, 0.05) is 35.7 Å². The van der Waals surface area contributed by atoms with Crippen LogP contribution in [0.4, 0.5) is 13.2 Å². The highest BCUT2D eigenvalue weighted by molar-refractivity contribution is 5.89. The molecule has 37 heavy (non-hydrogen) atoms. The molecule has 2 saturated carbocycles. The van der Waals surface area contributed by atoms with E-state index in [1.54, 1.807) is 6.07 Å². The van der Waals surface area contributed by atoms with Crippen molar-refractivity contribution in [2.24, 2.45) is 11.7 Å². The van der Waals surface area contributed by atoms with Crippen molar-refractivity contribution in [1.82, 2.24) is 9.88 Å². The minimum atomic E-state index is -4.71. The molecule has 0 bridgehead atoms. The third-order valence-corrected chi connectivity index (χ3v) is 8.14. The van der Waals surface area contributed by atoms with Gasteiger partial charge < -0.3 is 20.4 Å². The Labute approximate surface area is 217 Å². The largest absolute Gasteiger partial charge is 0.573 e. The number of nitrogens with zero attached hydrogens (tertiary/aromatic N) is 1. The van der Waals surface area contributed by atoms with E-state index in [9.17, 15) is 13.2 Å². The molecular formula is C30H38F3N3O. The lowest BCUT2D eigenvalue weighted by atomic mass is 9.89. The summed E-state index contributed by atoms with van der Waals surface area (Å²) in [4.78, 5) is 0. The third kappa shape index (κ3) is 6.88. The fourth-order valence-electron chi connectivity index (χ4n) is 6.16. The van der Waals surface area contributed by atoms with Gasteiger partial charge in [0.05, 0.1) is 0 Å². The Morgan fingerprint density at radius 1 is 0.919 bits per heavy atom. The number of fused-ring (bicyclic) bond motifs is 1. The van der Waals surface area contributed by atoms with Crippen LogP contribution in [0.5, 0.6) is 5.75 Å². The van der Waals surface area contributed by atoms with Crippen LogP contribution in [0.25, 0.3) is 22.0 Å². The van der Waals surface area contributed by atoms with E-state index in [1.165, 1.54) is 60.7 Å². The molecule has 1 heterocycles. The van der Waals surface area contributed by atoms with Gasteiger partial charge in [0.25, 0.3) is 0 Å². The normalized spacial score (nSPS) is 21.4. The summed E-state index contributed by atoms with van der Waals surface area (Å²) in [5, 5.41) is 4.92. The summed E-state index contributed by atoms with van der Waals surface area (Å²) >= 11 is 0. The van der Waals surface area contributed by atoms with Crippen molar-refractivity contribution < 1.29 is 17.9 Å². The summed E-state index contributed by atoms with van der Waals surface area (Å²) in [5.74, 6) is 0.509. The first kappa shape index (κ1) is 26.1. The first-order valence-corrected chi connectivity index (χ1v) is 13.8. The van der Waals surface area contributed by atoms with Crippen LogP contribution >= 0.6 is 0 Å². The number of nitrogens with one attached hydrogen (secondary N) is 1. The summed E-state index contributed by atoms with van der Waals surface area (Å²) in [5.41, 5.74) is 10.2. The zero-order valence-electron chi connectivity index (χ0n) is 21.4. The van der Waals surface area contributed by atoms with Crippen molar-refractivity contribution in [1.29, 1.82) is 0 Å². The SMILES string of the molecule is NC1CCC(NCCc2cn(CC3CCCCC3)c3ccc(-c4cccc(OC(F)(F)F)c4)cc23)CC1. The molecule has 0 aliphatic heterocycles.